The number of aliphatic hydroxyl groups excluding tert-OH is 1. The molecule has 0 saturated heterocycles. The molecule has 0 bridgehead atoms. The van der Waals surface area contributed by atoms with Gasteiger partial charge in [0.15, 0.2) is 5.65 Å². The third-order valence-corrected chi connectivity index (χ3v) is 7.79. The van der Waals surface area contributed by atoms with Gasteiger partial charge in [-0.05, 0) is 43.2 Å². The summed E-state index contributed by atoms with van der Waals surface area (Å²) in [6, 6.07) is 14.7. The van der Waals surface area contributed by atoms with E-state index in [1.807, 2.05) is 54.0 Å². The highest BCUT2D eigenvalue weighted by Crippen LogP contribution is 2.30. The van der Waals surface area contributed by atoms with Gasteiger partial charge in [-0.1, -0.05) is 31.6 Å². The van der Waals surface area contributed by atoms with Crippen molar-refractivity contribution in [1.82, 2.24) is 29.1 Å². The number of hydrogen-bond acceptors (Lipinski definition) is 7. The van der Waals surface area contributed by atoms with Crippen molar-refractivity contribution in [2.24, 2.45) is 0 Å². The zero-order valence-electron chi connectivity index (χ0n) is 22.1. The molecule has 0 fully saturated rings. The van der Waals surface area contributed by atoms with E-state index >= 15 is 0 Å². The average Bonchev–Trinajstić information content (AvgIpc) is 3.50. The Balaban J connectivity index is 1.53. The maximum absolute atomic E-state index is 9.31. The Bertz CT molecular complexity index is 1660. The number of hydrogen-bond donors (Lipinski definition) is 2. The van der Waals surface area contributed by atoms with Gasteiger partial charge in [-0.3, -0.25) is 9.55 Å². The topological polar surface area (TPSA) is 102 Å². The highest BCUT2D eigenvalue weighted by atomic mass is 28.3. The van der Waals surface area contributed by atoms with Gasteiger partial charge in [0.1, 0.15) is 24.8 Å². The predicted molar refractivity (Wildman–Crippen MR) is 152 cm³/mol. The molecule has 0 spiro atoms. The first-order chi connectivity index (χ1) is 18.3. The Morgan fingerprint density at radius 3 is 2.71 bits per heavy atom. The highest BCUT2D eigenvalue weighted by Gasteiger charge is 2.16. The van der Waals surface area contributed by atoms with Crippen LogP contribution in [0.1, 0.15) is 11.4 Å². The number of nitrogens with one attached hydrogen (secondary N) is 1. The summed E-state index contributed by atoms with van der Waals surface area (Å²) < 4.78 is 9.75. The molecule has 0 atom stereocenters. The number of pyridine rings is 2. The van der Waals surface area contributed by atoms with Crippen molar-refractivity contribution in [2.45, 2.75) is 39.3 Å². The molecule has 38 heavy (non-hydrogen) atoms. The standard InChI is InChI=1S/C28H31N7O2Si/c1-20-7-5-9-24(31-20)25-18-27(35-26(33-25)11-13-30-35)32-23-10-12-29-28-22(23)17-21(8-6-14-36)34(28)19-37-15-16-38(2,3)4/h5,7,9-13,17-18,36H,14-16,19H2,1-4H3,(H,29,32). The number of ether oxygens (including phenoxy) is 1. The van der Waals surface area contributed by atoms with E-state index in [1.54, 1.807) is 16.9 Å². The summed E-state index contributed by atoms with van der Waals surface area (Å²) >= 11 is 0. The molecule has 0 aliphatic carbocycles. The molecule has 0 aliphatic rings. The molecule has 9 nitrogen and oxygen atoms in total. The molecule has 0 unspecified atom stereocenters. The van der Waals surface area contributed by atoms with E-state index in [9.17, 15) is 5.11 Å². The summed E-state index contributed by atoms with van der Waals surface area (Å²) in [6.45, 7) is 9.75. The molecule has 5 aromatic heterocycles. The van der Waals surface area contributed by atoms with E-state index in [1.165, 1.54) is 0 Å². The number of fused-ring (bicyclic) bond motifs is 2. The van der Waals surface area contributed by atoms with Crippen LogP contribution in [0.3, 0.4) is 0 Å². The summed E-state index contributed by atoms with van der Waals surface area (Å²) in [5.74, 6) is 6.55. The lowest BCUT2D eigenvalue weighted by molar-refractivity contribution is 0.0894. The second-order valence-corrected chi connectivity index (χ2v) is 15.9. The van der Waals surface area contributed by atoms with Crippen LogP contribution in [0.4, 0.5) is 11.5 Å². The summed E-state index contributed by atoms with van der Waals surface area (Å²) in [5, 5.41) is 18.2. The first kappa shape index (κ1) is 25.6. The van der Waals surface area contributed by atoms with Gasteiger partial charge in [-0.2, -0.15) is 9.61 Å². The van der Waals surface area contributed by atoms with Crippen molar-refractivity contribution in [3.63, 3.8) is 0 Å². The maximum atomic E-state index is 9.31. The molecule has 10 heteroatoms. The fourth-order valence-corrected chi connectivity index (χ4v) is 4.87. The van der Waals surface area contributed by atoms with Gasteiger partial charge in [-0.15, -0.1) is 0 Å². The van der Waals surface area contributed by atoms with Crippen LogP contribution >= 0.6 is 0 Å². The fraction of sp³-hybridized carbons (Fsp3) is 0.286. The molecule has 194 valence electrons. The van der Waals surface area contributed by atoms with Crippen LogP contribution in [0.15, 0.2) is 54.9 Å². The van der Waals surface area contributed by atoms with Crippen LogP contribution in [0, 0.1) is 18.8 Å². The van der Waals surface area contributed by atoms with Crippen LogP contribution < -0.4 is 5.32 Å². The quantitative estimate of drug-likeness (QED) is 0.170. The number of nitrogens with zero attached hydrogens (tertiary/aromatic N) is 6. The smallest absolute Gasteiger partial charge is 0.158 e. The SMILES string of the molecule is Cc1cccc(-c2cc(Nc3ccnc4c3cc(C#CCO)n4COCC[Si](C)(C)C)n3nccc3n2)n1. The summed E-state index contributed by atoms with van der Waals surface area (Å²) in [7, 11) is -1.21. The lowest BCUT2D eigenvalue weighted by atomic mass is 10.2. The Hall–Kier alpha value is -4.04. The van der Waals surface area contributed by atoms with Crippen molar-refractivity contribution in [2.75, 3.05) is 18.5 Å². The van der Waals surface area contributed by atoms with Crippen LogP contribution in [0.5, 0.6) is 0 Å². The van der Waals surface area contributed by atoms with Crippen LogP contribution in [-0.2, 0) is 11.5 Å². The van der Waals surface area contributed by atoms with E-state index in [0.29, 0.717) is 19.0 Å². The summed E-state index contributed by atoms with van der Waals surface area (Å²) in [5.41, 5.74) is 5.49. The van der Waals surface area contributed by atoms with Crippen LogP contribution in [0.25, 0.3) is 28.1 Å². The number of aliphatic hydroxyl groups is 1. The fourth-order valence-electron chi connectivity index (χ4n) is 4.11. The predicted octanol–water partition coefficient (Wildman–Crippen LogP) is 4.85. The average molecular weight is 526 g/mol. The minimum atomic E-state index is -1.21. The number of rotatable bonds is 8. The number of aryl methyl sites for hydroxylation is 1. The normalized spacial score (nSPS) is 11.6. The second kappa shape index (κ2) is 10.7. The van der Waals surface area contributed by atoms with Gasteiger partial charge < -0.3 is 15.2 Å². The maximum Gasteiger partial charge on any atom is 0.158 e. The van der Waals surface area contributed by atoms with Crippen LogP contribution in [-0.4, -0.2) is 55.5 Å². The third-order valence-electron chi connectivity index (χ3n) is 6.08. The molecule has 0 amide bonds. The first-order valence-corrected chi connectivity index (χ1v) is 16.2. The molecule has 5 heterocycles. The van der Waals surface area contributed by atoms with E-state index < -0.39 is 8.07 Å². The minimum Gasteiger partial charge on any atom is -0.384 e. The Morgan fingerprint density at radius 2 is 1.92 bits per heavy atom. The second-order valence-electron chi connectivity index (χ2n) is 10.3. The molecule has 0 saturated carbocycles. The van der Waals surface area contributed by atoms with Gasteiger partial charge >= 0.3 is 0 Å². The van der Waals surface area contributed by atoms with Crippen molar-refractivity contribution in [3.8, 4) is 23.2 Å². The van der Waals surface area contributed by atoms with Gasteiger partial charge in [0.25, 0.3) is 0 Å². The monoisotopic (exact) mass is 525 g/mol. The van der Waals surface area contributed by atoms with Gasteiger partial charge in [0, 0.05) is 44.1 Å². The van der Waals surface area contributed by atoms with E-state index in [4.69, 9.17) is 9.72 Å². The molecular formula is C28H31N7O2Si. The van der Waals surface area contributed by atoms with Gasteiger partial charge in [0.05, 0.1) is 29.0 Å². The van der Waals surface area contributed by atoms with Crippen molar-refractivity contribution in [1.29, 1.82) is 0 Å². The molecule has 0 aromatic carbocycles. The lowest BCUT2D eigenvalue weighted by Gasteiger charge is -2.16. The Kier molecular flexibility index (Phi) is 7.24. The zero-order valence-corrected chi connectivity index (χ0v) is 23.1. The number of anilines is 2. The Morgan fingerprint density at radius 1 is 1.05 bits per heavy atom. The van der Waals surface area contributed by atoms with E-state index in [2.05, 4.69) is 51.9 Å². The molecule has 0 aliphatic heterocycles. The summed E-state index contributed by atoms with van der Waals surface area (Å²) in [4.78, 5) is 14.0. The minimum absolute atomic E-state index is 0.222. The highest BCUT2D eigenvalue weighted by molar-refractivity contribution is 6.76. The van der Waals surface area contributed by atoms with Crippen LogP contribution in [0.2, 0.25) is 25.7 Å². The largest absolute Gasteiger partial charge is 0.384 e. The van der Waals surface area contributed by atoms with E-state index in [0.717, 1.165) is 51.4 Å². The van der Waals surface area contributed by atoms with Crippen molar-refractivity contribution < 1.29 is 9.84 Å². The number of aromatic nitrogens is 6. The summed E-state index contributed by atoms with van der Waals surface area (Å²) in [6.07, 6.45) is 3.48. The van der Waals surface area contributed by atoms with Gasteiger partial charge in [-0.25, -0.2) is 9.97 Å². The molecule has 0 radical (unpaired) electrons. The molecule has 5 rings (SSSR count). The third kappa shape index (κ3) is 5.60. The lowest BCUT2D eigenvalue weighted by Crippen LogP contribution is -2.22. The Labute approximate surface area is 222 Å². The first-order valence-electron chi connectivity index (χ1n) is 12.5. The molecule has 2 N–H and O–H groups in total. The van der Waals surface area contributed by atoms with Crippen molar-refractivity contribution >= 4 is 36.3 Å². The van der Waals surface area contributed by atoms with E-state index in [-0.39, 0.29) is 6.61 Å². The van der Waals surface area contributed by atoms with Gasteiger partial charge in [0.2, 0.25) is 0 Å². The zero-order chi connectivity index (χ0) is 26.7. The molecular weight excluding hydrogens is 494 g/mol. The molecule has 5 aromatic rings. The van der Waals surface area contributed by atoms with Crippen molar-refractivity contribution in [3.05, 3.63) is 66.2 Å².